The van der Waals surface area contributed by atoms with E-state index in [1.165, 1.54) is 0 Å². The van der Waals surface area contributed by atoms with Crippen molar-refractivity contribution in [2.75, 3.05) is 29.5 Å². The predicted octanol–water partition coefficient (Wildman–Crippen LogP) is 3.11. The highest BCUT2D eigenvalue weighted by molar-refractivity contribution is 9.10. The van der Waals surface area contributed by atoms with E-state index in [-0.39, 0.29) is 12.5 Å². The van der Waals surface area contributed by atoms with Crippen molar-refractivity contribution in [3.63, 3.8) is 0 Å². The number of carbonyl (C=O) groups is 1. The largest absolute Gasteiger partial charge is 0.399 e. The summed E-state index contributed by atoms with van der Waals surface area (Å²) in [6.07, 6.45) is 0. The summed E-state index contributed by atoms with van der Waals surface area (Å²) in [6.45, 7) is 0.278. The first-order chi connectivity index (χ1) is 9.54. The van der Waals surface area contributed by atoms with Crippen molar-refractivity contribution in [2.45, 2.75) is 0 Å². The number of halogens is 1. The highest BCUT2D eigenvalue weighted by Gasteiger charge is 2.07. The van der Waals surface area contributed by atoms with Gasteiger partial charge in [-0.3, -0.25) is 4.79 Å². The van der Waals surface area contributed by atoms with Crippen molar-refractivity contribution in [1.82, 2.24) is 0 Å². The summed E-state index contributed by atoms with van der Waals surface area (Å²) < 4.78 is 0.981. The molecule has 0 heterocycles. The lowest BCUT2D eigenvalue weighted by Gasteiger charge is -2.18. The number of nitrogens with zero attached hydrogens (tertiary/aromatic N) is 1. The Morgan fingerprint density at radius 3 is 2.35 bits per heavy atom. The zero-order chi connectivity index (χ0) is 14.5. The first kappa shape index (κ1) is 14.4. The van der Waals surface area contributed by atoms with E-state index in [2.05, 4.69) is 21.2 Å². The second kappa shape index (κ2) is 6.43. The number of amides is 1. The molecule has 5 heteroatoms. The molecule has 0 saturated carbocycles. The number of nitrogens with one attached hydrogen (secondary N) is 1. The van der Waals surface area contributed by atoms with Crippen molar-refractivity contribution >= 4 is 38.9 Å². The van der Waals surface area contributed by atoms with Gasteiger partial charge < -0.3 is 16.0 Å². The van der Waals surface area contributed by atoms with Crippen LogP contribution in [0.5, 0.6) is 0 Å². The van der Waals surface area contributed by atoms with E-state index in [0.717, 1.165) is 15.8 Å². The molecule has 0 aliphatic heterocycles. The SMILES string of the molecule is CN(CC(=O)Nc1ccc(Br)cc1)c1ccc(N)cc1. The second-order valence-electron chi connectivity index (χ2n) is 4.50. The van der Waals surface area contributed by atoms with Crippen molar-refractivity contribution in [1.29, 1.82) is 0 Å². The molecule has 0 atom stereocenters. The summed E-state index contributed by atoms with van der Waals surface area (Å²) in [4.78, 5) is 13.8. The minimum atomic E-state index is -0.0633. The van der Waals surface area contributed by atoms with E-state index in [4.69, 9.17) is 5.73 Å². The molecule has 20 heavy (non-hydrogen) atoms. The summed E-state index contributed by atoms with van der Waals surface area (Å²) in [7, 11) is 1.87. The maximum Gasteiger partial charge on any atom is 0.243 e. The normalized spacial score (nSPS) is 10.1. The van der Waals surface area contributed by atoms with Gasteiger partial charge in [-0.05, 0) is 48.5 Å². The first-order valence-electron chi connectivity index (χ1n) is 6.17. The van der Waals surface area contributed by atoms with Gasteiger partial charge in [0.2, 0.25) is 5.91 Å². The van der Waals surface area contributed by atoms with Gasteiger partial charge in [0.15, 0.2) is 0 Å². The predicted molar refractivity (Wildman–Crippen MR) is 86.9 cm³/mol. The molecule has 0 aliphatic carbocycles. The van der Waals surface area contributed by atoms with Crippen molar-refractivity contribution in [2.24, 2.45) is 0 Å². The highest BCUT2D eigenvalue weighted by Crippen LogP contribution is 2.16. The first-order valence-corrected chi connectivity index (χ1v) is 6.96. The van der Waals surface area contributed by atoms with Crippen LogP contribution in [-0.4, -0.2) is 19.5 Å². The molecular formula is C15H16BrN3O. The van der Waals surface area contributed by atoms with Crippen LogP contribution in [0.25, 0.3) is 0 Å². The number of anilines is 3. The summed E-state index contributed by atoms with van der Waals surface area (Å²) in [5, 5.41) is 2.86. The topological polar surface area (TPSA) is 58.4 Å². The van der Waals surface area contributed by atoms with Gasteiger partial charge in [-0.2, -0.15) is 0 Å². The third kappa shape index (κ3) is 3.99. The number of rotatable bonds is 4. The van der Waals surface area contributed by atoms with Gasteiger partial charge in [0.05, 0.1) is 6.54 Å². The van der Waals surface area contributed by atoms with Crippen molar-refractivity contribution in [3.8, 4) is 0 Å². The quantitative estimate of drug-likeness (QED) is 0.845. The van der Waals surface area contributed by atoms with Gasteiger partial charge in [0.25, 0.3) is 0 Å². The van der Waals surface area contributed by atoms with E-state index in [0.29, 0.717) is 5.69 Å². The smallest absolute Gasteiger partial charge is 0.243 e. The van der Waals surface area contributed by atoms with Gasteiger partial charge in [-0.25, -0.2) is 0 Å². The number of benzene rings is 2. The minimum Gasteiger partial charge on any atom is -0.399 e. The lowest BCUT2D eigenvalue weighted by Crippen LogP contribution is -2.29. The van der Waals surface area contributed by atoms with E-state index >= 15 is 0 Å². The standard InChI is InChI=1S/C15H16BrN3O/c1-19(14-8-4-12(17)5-9-14)10-15(20)18-13-6-2-11(16)3-7-13/h2-9H,10,17H2,1H3,(H,18,20). The molecule has 2 aromatic rings. The molecule has 0 fully saturated rings. The van der Waals surface area contributed by atoms with Crippen LogP contribution in [0, 0.1) is 0 Å². The Bertz CT molecular complexity index is 581. The molecule has 104 valence electrons. The Labute approximate surface area is 126 Å². The van der Waals surface area contributed by atoms with Crippen LogP contribution in [0.15, 0.2) is 53.0 Å². The lowest BCUT2D eigenvalue weighted by atomic mass is 10.2. The Morgan fingerprint density at radius 1 is 1.15 bits per heavy atom. The average Bonchev–Trinajstić information content (AvgIpc) is 2.42. The maximum atomic E-state index is 12.0. The molecule has 3 N–H and O–H groups in total. The number of nitrogen functional groups attached to an aromatic ring is 1. The van der Waals surface area contributed by atoms with Gasteiger partial charge in [-0.1, -0.05) is 15.9 Å². The molecule has 4 nitrogen and oxygen atoms in total. The molecule has 1 amide bonds. The van der Waals surface area contributed by atoms with Gasteiger partial charge >= 0.3 is 0 Å². The van der Waals surface area contributed by atoms with Gasteiger partial charge in [-0.15, -0.1) is 0 Å². The fourth-order valence-corrected chi connectivity index (χ4v) is 2.03. The van der Waals surface area contributed by atoms with Crippen LogP contribution in [-0.2, 0) is 4.79 Å². The molecule has 0 unspecified atom stereocenters. The zero-order valence-electron chi connectivity index (χ0n) is 11.1. The Balaban J connectivity index is 1.93. The van der Waals surface area contributed by atoms with E-state index in [1.807, 2.05) is 60.5 Å². The molecule has 0 aliphatic rings. The number of carbonyl (C=O) groups excluding carboxylic acids is 1. The highest BCUT2D eigenvalue weighted by atomic mass is 79.9. The van der Waals surface area contributed by atoms with Crippen molar-refractivity contribution < 1.29 is 4.79 Å². The van der Waals surface area contributed by atoms with Crippen LogP contribution < -0.4 is 16.0 Å². The van der Waals surface area contributed by atoms with E-state index < -0.39 is 0 Å². The maximum absolute atomic E-state index is 12.0. The Kier molecular flexibility index (Phi) is 4.63. The lowest BCUT2D eigenvalue weighted by molar-refractivity contribution is -0.114. The number of hydrogen-bond acceptors (Lipinski definition) is 3. The fraction of sp³-hybridized carbons (Fsp3) is 0.133. The molecule has 0 saturated heterocycles. The van der Waals surface area contributed by atoms with Crippen LogP contribution in [0.3, 0.4) is 0 Å². The fourth-order valence-electron chi connectivity index (χ4n) is 1.77. The van der Waals surface area contributed by atoms with Crippen LogP contribution in [0.4, 0.5) is 17.1 Å². The Hall–Kier alpha value is -2.01. The van der Waals surface area contributed by atoms with Gasteiger partial charge in [0.1, 0.15) is 0 Å². The Morgan fingerprint density at radius 2 is 1.75 bits per heavy atom. The van der Waals surface area contributed by atoms with Gasteiger partial charge in [0, 0.05) is 28.6 Å². The van der Waals surface area contributed by atoms with Crippen LogP contribution in [0.1, 0.15) is 0 Å². The minimum absolute atomic E-state index is 0.0633. The monoisotopic (exact) mass is 333 g/mol. The molecule has 2 aromatic carbocycles. The number of likely N-dealkylation sites (N-methyl/N-ethyl adjacent to an activating group) is 1. The second-order valence-corrected chi connectivity index (χ2v) is 5.42. The summed E-state index contributed by atoms with van der Waals surface area (Å²) >= 11 is 3.36. The number of hydrogen-bond donors (Lipinski definition) is 2. The summed E-state index contributed by atoms with van der Waals surface area (Å²) in [5.41, 5.74) is 8.08. The molecule has 0 radical (unpaired) electrons. The van der Waals surface area contributed by atoms with Crippen LogP contribution in [0.2, 0.25) is 0 Å². The molecule has 0 spiro atoms. The van der Waals surface area contributed by atoms with Crippen molar-refractivity contribution in [3.05, 3.63) is 53.0 Å². The van der Waals surface area contributed by atoms with E-state index in [1.54, 1.807) is 0 Å². The molecule has 2 rings (SSSR count). The average molecular weight is 334 g/mol. The molecule has 0 aromatic heterocycles. The molecular weight excluding hydrogens is 318 g/mol. The summed E-state index contributed by atoms with van der Waals surface area (Å²) in [6, 6.07) is 14.9. The summed E-state index contributed by atoms with van der Waals surface area (Å²) in [5.74, 6) is -0.0633. The number of nitrogens with two attached hydrogens (primary N) is 1. The van der Waals surface area contributed by atoms with Crippen LogP contribution >= 0.6 is 15.9 Å². The zero-order valence-corrected chi connectivity index (χ0v) is 12.7. The third-order valence-electron chi connectivity index (χ3n) is 2.84. The van der Waals surface area contributed by atoms with E-state index in [9.17, 15) is 4.79 Å². The molecule has 0 bridgehead atoms. The third-order valence-corrected chi connectivity index (χ3v) is 3.37.